The molecule has 0 radical (unpaired) electrons. The molecule has 0 bridgehead atoms. The molecule has 0 aliphatic heterocycles. The van der Waals surface area contributed by atoms with E-state index in [4.69, 9.17) is 0 Å². The summed E-state index contributed by atoms with van der Waals surface area (Å²) in [5.41, 5.74) is 0.607. The number of hydrogen-bond acceptors (Lipinski definition) is 4. The lowest BCUT2D eigenvalue weighted by molar-refractivity contribution is -0.119. The third-order valence-electron chi connectivity index (χ3n) is 4.94. The minimum absolute atomic E-state index is 0.0351. The van der Waals surface area contributed by atoms with Crippen LogP contribution in [0.25, 0.3) is 0 Å². The average molecular weight is 320 g/mol. The zero-order valence-electron chi connectivity index (χ0n) is 15.0. The van der Waals surface area contributed by atoms with Crippen molar-refractivity contribution in [3.05, 3.63) is 11.3 Å². The van der Waals surface area contributed by atoms with Crippen molar-refractivity contribution in [2.24, 2.45) is 10.4 Å². The molecule has 2 aliphatic rings. The van der Waals surface area contributed by atoms with Crippen molar-refractivity contribution >= 4 is 12.0 Å². The number of Topliss-reactive ketones (excluding diaryl/α,β-unsaturated/α-hetero) is 1. The summed E-state index contributed by atoms with van der Waals surface area (Å²) in [6, 6.07) is 0. The summed E-state index contributed by atoms with van der Waals surface area (Å²) >= 11 is 0. The molecule has 0 aromatic heterocycles. The van der Waals surface area contributed by atoms with E-state index in [2.05, 4.69) is 31.1 Å². The van der Waals surface area contributed by atoms with Gasteiger partial charge in [0.1, 0.15) is 5.76 Å². The summed E-state index contributed by atoms with van der Waals surface area (Å²) in [6.07, 6.45) is 9.56. The van der Waals surface area contributed by atoms with E-state index in [9.17, 15) is 9.90 Å². The second kappa shape index (κ2) is 7.61. The zero-order valence-corrected chi connectivity index (χ0v) is 15.0. The van der Waals surface area contributed by atoms with Crippen LogP contribution < -0.4 is 5.32 Å². The van der Waals surface area contributed by atoms with E-state index >= 15 is 0 Å². The van der Waals surface area contributed by atoms with Gasteiger partial charge in [-0.05, 0) is 52.0 Å². The van der Waals surface area contributed by atoms with Gasteiger partial charge in [0.05, 0.1) is 5.57 Å². The van der Waals surface area contributed by atoms with E-state index in [1.165, 1.54) is 19.3 Å². The minimum atomic E-state index is 0.0351. The summed E-state index contributed by atoms with van der Waals surface area (Å²) in [4.78, 5) is 16.8. The number of aliphatic hydroxyl groups excluding tert-OH is 1. The molecule has 1 saturated carbocycles. The Labute approximate surface area is 140 Å². The first-order valence-electron chi connectivity index (χ1n) is 9.02. The molecule has 0 saturated heterocycles. The highest BCUT2D eigenvalue weighted by atomic mass is 16.3. The number of ketones is 1. The lowest BCUT2D eigenvalue weighted by Gasteiger charge is -2.39. The fraction of sp³-hybridized carbons (Fsp3) is 0.789. The Bertz CT molecular complexity index is 480. The number of hydrogen-bond donors (Lipinski definition) is 2. The van der Waals surface area contributed by atoms with Crippen LogP contribution in [-0.4, -0.2) is 35.7 Å². The molecule has 1 spiro atoms. The van der Waals surface area contributed by atoms with Crippen LogP contribution in [0.1, 0.15) is 72.1 Å². The molecule has 0 unspecified atom stereocenters. The second-order valence-electron chi connectivity index (χ2n) is 8.26. The molecule has 2 aliphatic carbocycles. The third-order valence-corrected chi connectivity index (χ3v) is 4.94. The van der Waals surface area contributed by atoms with Gasteiger partial charge in [0, 0.05) is 31.1 Å². The van der Waals surface area contributed by atoms with Crippen LogP contribution in [-0.2, 0) is 4.79 Å². The first kappa shape index (κ1) is 18.2. The third kappa shape index (κ3) is 5.45. The van der Waals surface area contributed by atoms with Crippen molar-refractivity contribution in [1.82, 2.24) is 5.32 Å². The number of aliphatic imine (C=N–C) groups is 1. The molecule has 0 aromatic rings. The van der Waals surface area contributed by atoms with Crippen LogP contribution in [0.2, 0.25) is 0 Å². The SMILES string of the molecule is CC(C)(C)NCCCN=CC1=C(O)CC2(CCCCC2)CC1=O. The summed E-state index contributed by atoms with van der Waals surface area (Å²) in [7, 11) is 0. The second-order valence-corrected chi connectivity index (χ2v) is 8.26. The van der Waals surface area contributed by atoms with E-state index in [1.807, 2.05) is 0 Å². The van der Waals surface area contributed by atoms with Crippen LogP contribution in [0.5, 0.6) is 0 Å². The van der Waals surface area contributed by atoms with Crippen molar-refractivity contribution in [2.45, 2.75) is 77.7 Å². The Morgan fingerprint density at radius 1 is 1.22 bits per heavy atom. The van der Waals surface area contributed by atoms with Crippen molar-refractivity contribution < 1.29 is 9.90 Å². The molecule has 23 heavy (non-hydrogen) atoms. The number of aliphatic hydroxyl groups is 1. The van der Waals surface area contributed by atoms with Gasteiger partial charge in [-0.1, -0.05) is 19.3 Å². The highest BCUT2D eigenvalue weighted by Gasteiger charge is 2.40. The fourth-order valence-electron chi connectivity index (χ4n) is 3.70. The molecule has 130 valence electrons. The van der Waals surface area contributed by atoms with Gasteiger partial charge in [0.15, 0.2) is 5.78 Å². The Morgan fingerprint density at radius 2 is 1.91 bits per heavy atom. The number of allylic oxidation sites excluding steroid dienone is 2. The molecule has 4 nitrogen and oxygen atoms in total. The number of carbonyl (C=O) groups is 1. The van der Waals surface area contributed by atoms with Crippen LogP contribution in [0.4, 0.5) is 0 Å². The topological polar surface area (TPSA) is 61.7 Å². The van der Waals surface area contributed by atoms with Crippen LogP contribution >= 0.6 is 0 Å². The van der Waals surface area contributed by atoms with E-state index in [-0.39, 0.29) is 22.5 Å². The highest BCUT2D eigenvalue weighted by Crippen LogP contribution is 2.47. The highest BCUT2D eigenvalue weighted by molar-refractivity contribution is 6.14. The van der Waals surface area contributed by atoms with E-state index in [0.29, 0.717) is 25.0 Å². The minimum Gasteiger partial charge on any atom is -0.511 e. The largest absolute Gasteiger partial charge is 0.511 e. The Hall–Kier alpha value is -1.16. The molecule has 0 heterocycles. The van der Waals surface area contributed by atoms with Gasteiger partial charge >= 0.3 is 0 Å². The molecular weight excluding hydrogens is 288 g/mol. The Balaban J connectivity index is 1.85. The summed E-state index contributed by atoms with van der Waals surface area (Å²) in [6.45, 7) is 8.00. The number of nitrogens with zero attached hydrogens (tertiary/aromatic N) is 1. The zero-order chi connectivity index (χ0) is 16.9. The monoisotopic (exact) mass is 320 g/mol. The van der Waals surface area contributed by atoms with Crippen molar-refractivity contribution in [3.63, 3.8) is 0 Å². The van der Waals surface area contributed by atoms with Crippen LogP contribution in [0, 0.1) is 5.41 Å². The predicted octanol–water partition coefficient (Wildman–Crippen LogP) is 3.96. The van der Waals surface area contributed by atoms with Gasteiger partial charge in [-0.3, -0.25) is 9.79 Å². The molecule has 0 aromatic carbocycles. The summed E-state index contributed by atoms with van der Waals surface area (Å²) in [5.74, 6) is 0.340. The smallest absolute Gasteiger partial charge is 0.168 e. The maximum absolute atomic E-state index is 12.4. The molecule has 0 amide bonds. The Kier molecular flexibility index (Phi) is 6.01. The van der Waals surface area contributed by atoms with Crippen LogP contribution in [0.15, 0.2) is 16.3 Å². The van der Waals surface area contributed by atoms with Crippen molar-refractivity contribution in [2.75, 3.05) is 13.1 Å². The quantitative estimate of drug-likeness (QED) is 0.595. The lowest BCUT2D eigenvalue weighted by atomic mass is 9.65. The lowest BCUT2D eigenvalue weighted by Crippen LogP contribution is -2.36. The van der Waals surface area contributed by atoms with Gasteiger partial charge in [0.25, 0.3) is 0 Å². The predicted molar refractivity (Wildman–Crippen MR) is 95.1 cm³/mol. The molecule has 2 rings (SSSR count). The van der Waals surface area contributed by atoms with Crippen molar-refractivity contribution in [3.8, 4) is 0 Å². The number of carbonyl (C=O) groups excluding carboxylic acids is 1. The number of nitrogens with one attached hydrogen (secondary N) is 1. The Morgan fingerprint density at radius 3 is 2.52 bits per heavy atom. The van der Waals surface area contributed by atoms with Crippen molar-refractivity contribution in [1.29, 1.82) is 0 Å². The maximum Gasteiger partial charge on any atom is 0.168 e. The van der Waals surface area contributed by atoms with Gasteiger partial charge in [-0.25, -0.2) is 0 Å². The fourth-order valence-corrected chi connectivity index (χ4v) is 3.70. The van der Waals surface area contributed by atoms with E-state index in [1.54, 1.807) is 6.21 Å². The molecule has 4 heteroatoms. The van der Waals surface area contributed by atoms with Gasteiger partial charge < -0.3 is 10.4 Å². The molecular formula is C19H32N2O2. The van der Waals surface area contributed by atoms with E-state index in [0.717, 1.165) is 25.8 Å². The molecule has 2 N–H and O–H groups in total. The summed E-state index contributed by atoms with van der Waals surface area (Å²) < 4.78 is 0. The standard InChI is InChI=1S/C19H32N2O2/c1-18(2,3)21-11-7-10-20-14-15-16(22)12-19(13-17(15)23)8-5-4-6-9-19/h14,21-22H,4-13H2,1-3H3. The first-order valence-corrected chi connectivity index (χ1v) is 9.02. The molecule has 1 fully saturated rings. The van der Waals surface area contributed by atoms with Gasteiger partial charge in [-0.15, -0.1) is 0 Å². The normalized spacial score (nSPS) is 22.3. The average Bonchev–Trinajstić information content (AvgIpc) is 2.44. The molecule has 0 atom stereocenters. The van der Waals surface area contributed by atoms with Gasteiger partial charge in [0.2, 0.25) is 0 Å². The summed E-state index contributed by atoms with van der Waals surface area (Å²) in [5, 5.41) is 13.7. The van der Waals surface area contributed by atoms with Crippen LogP contribution in [0.3, 0.4) is 0 Å². The number of rotatable bonds is 5. The van der Waals surface area contributed by atoms with E-state index < -0.39 is 0 Å². The maximum atomic E-state index is 12.4. The first-order chi connectivity index (χ1) is 10.8. The van der Waals surface area contributed by atoms with Gasteiger partial charge in [-0.2, -0.15) is 0 Å².